The fourth-order valence-electron chi connectivity index (χ4n) is 5.98. The molecule has 1 saturated carbocycles. The average molecular weight is 593 g/mol. The van der Waals surface area contributed by atoms with E-state index in [9.17, 15) is 13.6 Å². The molecule has 9 nitrogen and oxygen atoms in total. The standard InChI is InChI=1S/C30H31ClF2N8O/c1-17(2)41-26(22(31)12-35-41)27-34-13-23-29(37-27)39(16-25(42)40(23)20-7-8-20)14-18-6-9-21-19(11-18)5-4-10-38-15-24(30(3,32)33)36-28(21)38/h6,9,11-13,15,17,20H,4-5,7-8,10,14,16H2,1-3H3. The molecular weight excluding hydrogens is 562 g/mol. The second kappa shape index (κ2) is 9.86. The van der Waals surface area contributed by atoms with Gasteiger partial charge in [0.25, 0.3) is 5.92 Å². The van der Waals surface area contributed by atoms with E-state index >= 15 is 0 Å². The minimum atomic E-state index is -3.00. The molecule has 4 aromatic rings. The first-order valence-electron chi connectivity index (χ1n) is 14.3. The van der Waals surface area contributed by atoms with Gasteiger partial charge in [0.05, 0.1) is 24.0 Å². The Morgan fingerprint density at radius 1 is 1.17 bits per heavy atom. The Balaban J connectivity index is 1.26. The fourth-order valence-corrected chi connectivity index (χ4v) is 6.20. The third-order valence-corrected chi connectivity index (χ3v) is 8.40. The van der Waals surface area contributed by atoms with Crippen molar-refractivity contribution in [1.29, 1.82) is 0 Å². The Morgan fingerprint density at radius 2 is 1.98 bits per heavy atom. The van der Waals surface area contributed by atoms with Crippen LogP contribution < -0.4 is 9.80 Å². The number of carbonyl (C=O) groups is 1. The van der Waals surface area contributed by atoms with Gasteiger partial charge < -0.3 is 14.4 Å². The number of aryl methyl sites for hydroxylation is 2. The highest BCUT2D eigenvalue weighted by Crippen LogP contribution is 2.41. The van der Waals surface area contributed by atoms with Crippen LogP contribution >= 0.6 is 11.6 Å². The van der Waals surface area contributed by atoms with Crippen molar-refractivity contribution in [2.75, 3.05) is 16.3 Å². The van der Waals surface area contributed by atoms with E-state index in [1.165, 1.54) is 6.20 Å². The Morgan fingerprint density at radius 3 is 2.71 bits per heavy atom. The number of benzene rings is 1. The van der Waals surface area contributed by atoms with Crippen LogP contribution in [0.4, 0.5) is 20.3 Å². The maximum absolute atomic E-state index is 14.0. The monoisotopic (exact) mass is 592 g/mol. The molecule has 3 aliphatic rings. The van der Waals surface area contributed by atoms with Gasteiger partial charge in [0.15, 0.2) is 11.6 Å². The van der Waals surface area contributed by atoms with E-state index in [4.69, 9.17) is 16.6 Å². The zero-order valence-corrected chi connectivity index (χ0v) is 24.4. The second-order valence-electron chi connectivity index (χ2n) is 11.8. The molecule has 1 aliphatic carbocycles. The number of amides is 1. The third kappa shape index (κ3) is 4.63. The summed E-state index contributed by atoms with van der Waals surface area (Å²) in [4.78, 5) is 31.1. The molecule has 0 unspecified atom stereocenters. The van der Waals surface area contributed by atoms with Gasteiger partial charge in [-0.3, -0.25) is 9.48 Å². The van der Waals surface area contributed by atoms with Gasteiger partial charge >= 0.3 is 0 Å². The Kier molecular flexibility index (Phi) is 6.34. The lowest BCUT2D eigenvalue weighted by Gasteiger charge is -2.36. The second-order valence-corrected chi connectivity index (χ2v) is 12.2. The van der Waals surface area contributed by atoms with Gasteiger partial charge in [-0.1, -0.05) is 29.8 Å². The van der Waals surface area contributed by atoms with E-state index in [1.54, 1.807) is 17.1 Å². The van der Waals surface area contributed by atoms with Crippen LogP contribution in [0.5, 0.6) is 0 Å². The summed E-state index contributed by atoms with van der Waals surface area (Å²) in [7, 11) is 0. The topological polar surface area (TPSA) is 85.0 Å². The minimum Gasteiger partial charge on any atom is -0.341 e. The van der Waals surface area contributed by atoms with Gasteiger partial charge in [-0.15, -0.1) is 0 Å². The highest BCUT2D eigenvalue weighted by molar-refractivity contribution is 6.32. The average Bonchev–Trinajstić information content (AvgIpc) is 3.59. The number of hydrogen-bond acceptors (Lipinski definition) is 6. The number of halogens is 3. The van der Waals surface area contributed by atoms with Crippen molar-refractivity contribution in [3.63, 3.8) is 0 Å². The summed E-state index contributed by atoms with van der Waals surface area (Å²) in [5.74, 6) is -1.27. The van der Waals surface area contributed by atoms with Crippen LogP contribution in [0, 0.1) is 0 Å². The zero-order valence-electron chi connectivity index (χ0n) is 23.7. The SMILES string of the molecule is CC(C)n1ncc(Cl)c1-c1ncc2c(n1)N(Cc1ccc3c(c1)CCCn1cc(C(C)(F)F)nc1-3)CC(=O)N2C1CC1. The summed E-state index contributed by atoms with van der Waals surface area (Å²) < 4.78 is 31.7. The van der Waals surface area contributed by atoms with Crippen molar-refractivity contribution in [3.8, 4) is 22.9 Å². The van der Waals surface area contributed by atoms with Crippen LogP contribution in [0.1, 0.15) is 62.9 Å². The molecule has 1 aromatic carbocycles. The zero-order chi connectivity index (χ0) is 29.3. The van der Waals surface area contributed by atoms with E-state index in [0.29, 0.717) is 47.0 Å². The molecule has 0 saturated heterocycles. The summed E-state index contributed by atoms with van der Waals surface area (Å²) in [5, 5.41) is 4.88. The number of anilines is 2. The van der Waals surface area contributed by atoms with E-state index in [1.807, 2.05) is 40.3 Å². The largest absolute Gasteiger partial charge is 0.341 e. The number of nitrogens with zero attached hydrogens (tertiary/aromatic N) is 8. The van der Waals surface area contributed by atoms with Crippen LogP contribution in [0.2, 0.25) is 5.02 Å². The number of hydrogen-bond donors (Lipinski definition) is 0. The van der Waals surface area contributed by atoms with Crippen LogP contribution in [0.3, 0.4) is 0 Å². The molecule has 0 spiro atoms. The predicted octanol–water partition coefficient (Wildman–Crippen LogP) is 6.01. The molecule has 7 rings (SSSR count). The molecule has 0 N–H and O–H groups in total. The number of imidazole rings is 1. The van der Waals surface area contributed by atoms with Gasteiger partial charge in [-0.05, 0) is 50.7 Å². The molecule has 1 amide bonds. The van der Waals surface area contributed by atoms with Gasteiger partial charge in [0.1, 0.15) is 22.9 Å². The Hall–Kier alpha value is -3.86. The lowest BCUT2D eigenvalue weighted by atomic mass is 10.00. The highest BCUT2D eigenvalue weighted by atomic mass is 35.5. The lowest BCUT2D eigenvalue weighted by molar-refractivity contribution is -0.117. The summed E-state index contributed by atoms with van der Waals surface area (Å²) >= 11 is 6.54. The van der Waals surface area contributed by atoms with Crippen LogP contribution in [-0.2, 0) is 30.2 Å². The van der Waals surface area contributed by atoms with Crippen molar-refractivity contribution in [1.82, 2.24) is 29.3 Å². The first kappa shape index (κ1) is 27.0. The Labute approximate surface area is 247 Å². The van der Waals surface area contributed by atoms with Crippen molar-refractivity contribution in [2.45, 2.75) is 77.6 Å². The molecule has 42 heavy (non-hydrogen) atoms. The molecule has 0 radical (unpaired) electrons. The summed E-state index contributed by atoms with van der Waals surface area (Å²) in [5.41, 5.74) is 4.05. The maximum Gasteiger partial charge on any atom is 0.288 e. The van der Waals surface area contributed by atoms with Gasteiger partial charge in [-0.25, -0.2) is 15.0 Å². The molecule has 0 bridgehead atoms. The summed E-state index contributed by atoms with van der Waals surface area (Å²) in [6.07, 6.45) is 8.34. The molecule has 3 aromatic heterocycles. The minimum absolute atomic E-state index is 0.0245. The van der Waals surface area contributed by atoms with Crippen molar-refractivity contribution < 1.29 is 13.6 Å². The molecular formula is C30H31ClF2N8O. The number of aromatic nitrogens is 6. The first-order chi connectivity index (χ1) is 20.1. The van der Waals surface area contributed by atoms with Crippen LogP contribution in [0.15, 0.2) is 36.8 Å². The van der Waals surface area contributed by atoms with E-state index in [0.717, 1.165) is 49.3 Å². The predicted molar refractivity (Wildman–Crippen MR) is 156 cm³/mol. The number of carbonyl (C=O) groups excluding carboxylic acids is 1. The number of rotatable bonds is 6. The Bertz CT molecular complexity index is 1700. The smallest absolute Gasteiger partial charge is 0.288 e. The summed E-state index contributed by atoms with van der Waals surface area (Å²) in [6.45, 7) is 6.18. The highest BCUT2D eigenvalue weighted by Gasteiger charge is 2.40. The van der Waals surface area contributed by atoms with E-state index in [-0.39, 0.29) is 30.2 Å². The molecule has 1 fully saturated rings. The molecule has 0 atom stereocenters. The van der Waals surface area contributed by atoms with Crippen LogP contribution in [-0.4, -0.2) is 47.8 Å². The maximum atomic E-state index is 14.0. The van der Waals surface area contributed by atoms with Crippen molar-refractivity contribution in [2.24, 2.45) is 0 Å². The lowest BCUT2D eigenvalue weighted by Crippen LogP contribution is -2.47. The quantitative estimate of drug-likeness (QED) is 0.273. The van der Waals surface area contributed by atoms with Crippen molar-refractivity contribution >= 4 is 29.0 Å². The van der Waals surface area contributed by atoms with E-state index in [2.05, 4.69) is 21.1 Å². The van der Waals surface area contributed by atoms with Crippen LogP contribution in [0.25, 0.3) is 22.9 Å². The van der Waals surface area contributed by atoms with Gasteiger partial charge in [-0.2, -0.15) is 13.9 Å². The molecule has 2 aliphatic heterocycles. The molecule has 218 valence electrons. The van der Waals surface area contributed by atoms with Gasteiger partial charge in [0.2, 0.25) is 5.91 Å². The van der Waals surface area contributed by atoms with Gasteiger partial charge in [0, 0.05) is 43.9 Å². The van der Waals surface area contributed by atoms with Crippen molar-refractivity contribution in [3.05, 3.63) is 58.6 Å². The number of alkyl halides is 2. The third-order valence-electron chi connectivity index (χ3n) is 8.12. The summed E-state index contributed by atoms with van der Waals surface area (Å²) in [6, 6.07) is 6.28. The number of fused-ring (bicyclic) bond motifs is 4. The first-order valence-corrected chi connectivity index (χ1v) is 14.7. The normalized spacial score (nSPS) is 16.9. The molecule has 5 heterocycles. The van der Waals surface area contributed by atoms with E-state index < -0.39 is 5.92 Å². The fraction of sp³-hybridized carbons (Fsp3) is 0.433. The molecule has 12 heteroatoms.